The Morgan fingerprint density at radius 2 is 1.83 bits per heavy atom. The van der Waals surface area contributed by atoms with Crippen molar-refractivity contribution in [2.45, 2.75) is 57.4 Å². The van der Waals surface area contributed by atoms with Crippen LogP contribution >= 0.6 is 0 Å². The van der Waals surface area contributed by atoms with Gasteiger partial charge in [-0.25, -0.2) is 0 Å². The van der Waals surface area contributed by atoms with E-state index in [1.807, 2.05) is 6.07 Å². The SMILES string of the molecule is CN(CCC#N)S(=O)(=O)N1CCC(NC(=O)C2CCCCC2)CC1. The summed E-state index contributed by atoms with van der Waals surface area (Å²) in [6.07, 6.45) is 6.90. The first-order chi connectivity index (χ1) is 11.4. The summed E-state index contributed by atoms with van der Waals surface area (Å²) in [6, 6.07) is 2.03. The Morgan fingerprint density at radius 3 is 2.42 bits per heavy atom. The minimum absolute atomic E-state index is 0.0651. The van der Waals surface area contributed by atoms with E-state index in [-0.39, 0.29) is 30.8 Å². The number of carbonyl (C=O) groups is 1. The summed E-state index contributed by atoms with van der Waals surface area (Å²) < 4.78 is 27.5. The molecule has 2 fully saturated rings. The number of hydrogen-bond donors (Lipinski definition) is 1. The summed E-state index contributed by atoms with van der Waals surface area (Å²) in [6.45, 7) is 1.03. The Morgan fingerprint density at radius 1 is 1.21 bits per heavy atom. The van der Waals surface area contributed by atoms with Gasteiger partial charge in [-0.2, -0.15) is 22.3 Å². The molecule has 7 nitrogen and oxygen atoms in total. The second kappa shape index (κ2) is 8.79. The number of nitriles is 1. The fourth-order valence-electron chi connectivity index (χ4n) is 3.43. The van der Waals surface area contributed by atoms with Gasteiger partial charge < -0.3 is 5.32 Å². The second-order valence-corrected chi connectivity index (χ2v) is 8.79. The van der Waals surface area contributed by atoms with E-state index in [0.29, 0.717) is 25.9 Å². The molecule has 1 aliphatic heterocycles. The molecule has 24 heavy (non-hydrogen) atoms. The third kappa shape index (κ3) is 4.91. The maximum absolute atomic E-state index is 12.4. The number of carbonyl (C=O) groups excluding carboxylic acids is 1. The van der Waals surface area contributed by atoms with Crippen LogP contribution in [0, 0.1) is 17.2 Å². The van der Waals surface area contributed by atoms with Crippen molar-refractivity contribution in [2.24, 2.45) is 5.92 Å². The maximum Gasteiger partial charge on any atom is 0.281 e. The van der Waals surface area contributed by atoms with Crippen LogP contribution in [0.3, 0.4) is 0 Å². The van der Waals surface area contributed by atoms with E-state index in [2.05, 4.69) is 5.32 Å². The van der Waals surface area contributed by atoms with Crippen molar-refractivity contribution in [1.29, 1.82) is 5.26 Å². The minimum Gasteiger partial charge on any atom is -0.353 e. The standard InChI is InChI=1S/C16H28N4O3S/c1-19(11-5-10-17)24(22,23)20-12-8-15(9-13-20)18-16(21)14-6-3-2-4-7-14/h14-15H,2-9,11-13H2,1H3,(H,18,21). The Balaban J connectivity index is 1.80. The third-order valence-corrected chi connectivity index (χ3v) is 7.02. The van der Waals surface area contributed by atoms with Crippen LogP contribution in [0.4, 0.5) is 0 Å². The van der Waals surface area contributed by atoms with Crippen molar-refractivity contribution in [3.63, 3.8) is 0 Å². The molecular formula is C16H28N4O3S. The predicted octanol–water partition coefficient (Wildman–Crippen LogP) is 1.24. The highest BCUT2D eigenvalue weighted by molar-refractivity contribution is 7.86. The van der Waals surface area contributed by atoms with Crippen LogP contribution < -0.4 is 5.32 Å². The van der Waals surface area contributed by atoms with Crippen LogP contribution in [-0.4, -0.2) is 55.7 Å². The number of nitrogens with zero attached hydrogens (tertiary/aromatic N) is 3. The molecule has 2 rings (SSSR count). The molecule has 2 aliphatic rings. The summed E-state index contributed by atoms with van der Waals surface area (Å²) in [4.78, 5) is 12.3. The van der Waals surface area contributed by atoms with Gasteiger partial charge in [0.15, 0.2) is 0 Å². The Hall–Kier alpha value is -1.17. The van der Waals surface area contributed by atoms with E-state index < -0.39 is 10.2 Å². The van der Waals surface area contributed by atoms with Crippen molar-refractivity contribution >= 4 is 16.1 Å². The zero-order chi connectivity index (χ0) is 17.6. The summed E-state index contributed by atoms with van der Waals surface area (Å²) in [5.74, 6) is 0.278. The van der Waals surface area contributed by atoms with Crippen molar-refractivity contribution in [2.75, 3.05) is 26.7 Å². The van der Waals surface area contributed by atoms with Gasteiger partial charge in [0.1, 0.15) is 0 Å². The first-order valence-electron chi connectivity index (χ1n) is 8.84. The van der Waals surface area contributed by atoms with E-state index in [0.717, 1.165) is 25.7 Å². The molecule has 0 aromatic carbocycles. The van der Waals surface area contributed by atoms with E-state index in [4.69, 9.17) is 5.26 Å². The number of amides is 1. The highest BCUT2D eigenvalue weighted by Gasteiger charge is 2.32. The minimum atomic E-state index is -3.50. The summed E-state index contributed by atoms with van der Waals surface area (Å²) in [5.41, 5.74) is 0. The normalized spacial score (nSPS) is 21.5. The zero-order valence-electron chi connectivity index (χ0n) is 14.4. The van der Waals surface area contributed by atoms with Gasteiger partial charge >= 0.3 is 0 Å². The molecule has 136 valence electrons. The van der Waals surface area contributed by atoms with Gasteiger partial charge in [0.25, 0.3) is 10.2 Å². The van der Waals surface area contributed by atoms with E-state index in [1.165, 1.54) is 22.1 Å². The van der Waals surface area contributed by atoms with E-state index in [1.54, 1.807) is 0 Å². The maximum atomic E-state index is 12.4. The molecule has 8 heteroatoms. The molecule has 1 saturated heterocycles. The molecule has 0 bridgehead atoms. The molecule has 1 heterocycles. The molecule has 1 aliphatic carbocycles. The first kappa shape index (κ1) is 19.2. The van der Waals surface area contributed by atoms with Gasteiger partial charge in [0, 0.05) is 45.1 Å². The van der Waals surface area contributed by atoms with Crippen LogP contribution in [0.5, 0.6) is 0 Å². The molecule has 1 amide bonds. The van der Waals surface area contributed by atoms with Crippen LogP contribution in [0.1, 0.15) is 51.4 Å². The van der Waals surface area contributed by atoms with Gasteiger partial charge in [-0.3, -0.25) is 4.79 Å². The Kier molecular flexibility index (Phi) is 7.02. The Bertz CT molecular complexity index is 558. The smallest absolute Gasteiger partial charge is 0.281 e. The number of piperidine rings is 1. The van der Waals surface area contributed by atoms with Crippen LogP contribution in [0.25, 0.3) is 0 Å². The lowest BCUT2D eigenvalue weighted by atomic mass is 9.88. The molecule has 0 aromatic rings. The predicted molar refractivity (Wildman–Crippen MR) is 91.1 cm³/mol. The van der Waals surface area contributed by atoms with Crippen molar-refractivity contribution in [3.8, 4) is 6.07 Å². The average Bonchev–Trinajstić information content (AvgIpc) is 2.60. The van der Waals surface area contributed by atoms with Crippen molar-refractivity contribution in [3.05, 3.63) is 0 Å². The van der Waals surface area contributed by atoms with Gasteiger partial charge in [0.05, 0.1) is 6.07 Å². The summed E-state index contributed by atoms with van der Waals surface area (Å²) in [7, 11) is -2.00. The monoisotopic (exact) mass is 356 g/mol. The molecule has 1 saturated carbocycles. The summed E-state index contributed by atoms with van der Waals surface area (Å²) >= 11 is 0. The van der Waals surface area contributed by atoms with Crippen LogP contribution in [-0.2, 0) is 15.0 Å². The lowest BCUT2D eigenvalue weighted by Crippen LogP contribution is -2.51. The first-order valence-corrected chi connectivity index (χ1v) is 10.2. The fraction of sp³-hybridized carbons (Fsp3) is 0.875. The lowest BCUT2D eigenvalue weighted by Gasteiger charge is -2.34. The van der Waals surface area contributed by atoms with E-state index in [9.17, 15) is 13.2 Å². The quantitative estimate of drug-likeness (QED) is 0.775. The molecule has 0 radical (unpaired) electrons. The molecule has 0 atom stereocenters. The van der Waals surface area contributed by atoms with Gasteiger partial charge in [-0.05, 0) is 25.7 Å². The number of hydrogen-bond acceptors (Lipinski definition) is 4. The van der Waals surface area contributed by atoms with Gasteiger partial charge in [-0.1, -0.05) is 19.3 Å². The van der Waals surface area contributed by atoms with Gasteiger partial charge in [0.2, 0.25) is 5.91 Å². The molecule has 1 N–H and O–H groups in total. The number of nitrogens with one attached hydrogen (secondary N) is 1. The molecule has 0 aromatic heterocycles. The van der Waals surface area contributed by atoms with Crippen molar-refractivity contribution < 1.29 is 13.2 Å². The lowest BCUT2D eigenvalue weighted by molar-refractivity contribution is -0.126. The fourth-order valence-corrected chi connectivity index (χ4v) is 4.82. The molecule has 0 spiro atoms. The van der Waals surface area contributed by atoms with E-state index >= 15 is 0 Å². The largest absolute Gasteiger partial charge is 0.353 e. The molecule has 0 unspecified atom stereocenters. The third-order valence-electron chi connectivity index (χ3n) is 5.03. The Labute approximate surface area is 145 Å². The highest BCUT2D eigenvalue weighted by atomic mass is 32.2. The van der Waals surface area contributed by atoms with Gasteiger partial charge in [-0.15, -0.1) is 0 Å². The summed E-state index contributed by atoms with van der Waals surface area (Å²) in [5, 5.41) is 11.7. The molecular weight excluding hydrogens is 328 g/mol. The second-order valence-electron chi connectivity index (χ2n) is 6.75. The topological polar surface area (TPSA) is 93.5 Å². The van der Waals surface area contributed by atoms with Crippen LogP contribution in [0.15, 0.2) is 0 Å². The highest BCUT2D eigenvalue weighted by Crippen LogP contribution is 2.24. The van der Waals surface area contributed by atoms with Crippen LogP contribution in [0.2, 0.25) is 0 Å². The van der Waals surface area contributed by atoms with Crippen molar-refractivity contribution in [1.82, 2.24) is 13.9 Å². The zero-order valence-corrected chi connectivity index (χ0v) is 15.2. The number of rotatable bonds is 6. The average molecular weight is 356 g/mol.